The summed E-state index contributed by atoms with van der Waals surface area (Å²) in [4.78, 5) is 0. The van der Waals surface area contributed by atoms with Crippen LogP contribution in [0.3, 0.4) is 0 Å². The summed E-state index contributed by atoms with van der Waals surface area (Å²) < 4.78 is 22.2. The van der Waals surface area contributed by atoms with Gasteiger partial charge in [-0.2, -0.15) is 0 Å². The van der Waals surface area contributed by atoms with E-state index < -0.39 is 6.10 Å². The van der Waals surface area contributed by atoms with E-state index in [1.807, 2.05) is 24.3 Å². The van der Waals surface area contributed by atoms with E-state index in [0.29, 0.717) is 32.0 Å². The minimum atomic E-state index is -0.476. The zero-order valence-corrected chi connectivity index (χ0v) is 12.7. The van der Waals surface area contributed by atoms with Crippen molar-refractivity contribution in [3.8, 4) is 11.5 Å². The molecule has 1 N–H and O–H groups in total. The Bertz CT molecular complexity index is 423. The maximum Gasteiger partial charge on any atom is 0.161 e. The summed E-state index contributed by atoms with van der Waals surface area (Å²) in [5, 5.41) is 9.79. The van der Waals surface area contributed by atoms with Gasteiger partial charge in [-0.3, -0.25) is 0 Å². The first-order chi connectivity index (χ1) is 10.3. The van der Waals surface area contributed by atoms with Crippen molar-refractivity contribution in [2.24, 2.45) is 0 Å². The molecule has 0 spiro atoms. The fraction of sp³-hybridized carbons (Fsp3) is 0.625. The highest BCUT2D eigenvalue weighted by atomic mass is 16.6. The Morgan fingerprint density at radius 1 is 1.14 bits per heavy atom. The second kappa shape index (κ2) is 8.22. The highest BCUT2D eigenvalue weighted by Gasteiger charge is 2.43. The number of rotatable bonds is 9. The van der Waals surface area contributed by atoms with Crippen molar-refractivity contribution in [2.45, 2.75) is 38.1 Å². The summed E-state index contributed by atoms with van der Waals surface area (Å²) in [5.74, 6) is 1.43. The first kappa shape index (κ1) is 16.1. The minimum absolute atomic E-state index is 0.150. The highest BCUT2D eigenvalue weighted by molar-refractivity contribution is 5.39. The van der Waals surface area contributed by atoms with E-state index >= 15 is 0 Å². The molecule has 0 aliphatic heterocycles. The standard InChI is InChI=1S/C16H24O5/c1-3-8-19-13-6-4-5-7-14(13)21-15-11-12(17)16(15)20-10-9-18-2/h4-7,12,15-17H,3,8-11H2,1-2H3. The second-order valence-corrected chi connectivity index (χ2v) is 5.08. The zero-order valence-electron chi connectivity index (χ0n) is 12.7. The average molecular weight is 296 g/mol. The van der Waals surface area contributed by atoms with Crippen molar-refractivity contribution in [2.75, 3.05) is 26.9 Å². The van der Waals surface area contributed by atoms with Crippen LogP contribution in [0, 0.1) is 0 Å². The Labute approximate surface area is 125 Å². The molecule has 1 fully saturated rings. The molecule has 118 valence electrons. The summed E-state index contributed by atoms with van der Waals surface area (Å²) in [7, 11) is 1.62. The number of ether oxygens (including phenoxy) is 4. The summed E-state index contributed by atoms with van der Waals surface area (Å²) in [6.45, 7) is 3.67. The number of para-hydroxylation sites is 2. The van der Waals surface area contributed by atoms with Gasteiger partial charge in [-0.25, -0.2) is 0 Å². The van der Waals surface area contributed by atoms with Crippen molar-refractivity contribution in [3.63, 3.8) is 0 Å². The Morgan fingerprint density at radius 3 is 2.57 bits per heavy atom. The summed E-state index contributed by atoms with van der Waals surface area (Å²) in [6.07, 6.45) is 0.581. The van der Waals surface area contributed by atoms with Crippen molar-refractivity contribution in [1.29, 1.82) is 0 Å². The van der Waals surface area contributed by atoms with Gasteiger partial charge in [-0.15, -0.1) is 0 Å². The molecular weight excluding hydrogens is 272 g/mol. The van der Waals surface area contributed by atoms with Crippen LogP contribution in [0.4, 0.5) is 0 Å². The van der Waals surface area contributed by atoms with E-state index in [-0.39, 0.29) is 12.2 Å². The first-order valence-corrected chi connectivity index (χ1v) is 7.43. The van der Waals surface area contributed by atoms with Crippen LogP contribution < -0.4 is 9.47 Å². The lowest BCUT2D eigenvalue weighted by atomic mass is 9.88. The van der Waals surface area contributed by atoms with E-state index in [1.54, 1.807) is 7.11 Å². The fourth-order valence-corrected chi connectivity index (χ4v) is 2.20. The molecule has 0 bridgehead atoms. The predicted octanol–water partition coefficient (Wildman–Crippen LogP) is 2.02. The van der Waals surface area contributed by atoms with Gasteiger partial charge in [0.1, 0.15) is 12.2 Å². The Kier molecular flexibility index (Phi) is 6.29. The van der Waals surface area contributed by atoms with E-state index in [4.69, 9.17) is 18.9 Å². The van der Waals surface area contributed by atoms with Crippen molar-refractivity contribution in [1.82, 2.24) is 0 Å². The number of hydrogen-bond acceptors (Lipinski definition) is 5. The number of aliphatic hydroxyl groups is 1. The smallest absolute Gasteiger partial charge is 0.161 e. The molecule has 0 saturated heterocycles. The molecule has 1 aromatic carbocycles. The van der Waals surface area contributed by atoms with Crippen LogP contribution in [0.25, 0.3) is 0 Å². The number of benzene rings is 1. The van der Waals surface area contributed by atoms with Gasteiger partial charge in [0.2, 0.25) is 0 Å². The third kappa shape index (κ3) is 4.33. The van der Waals surface area contributed by atoms with Gasteiger partial charge in [0.05, 0.1) is 25.9 Å². The highest BCUT2D eigenvalue weighted by Crippen LogP contribution is 2.34. The van der Waals surface area contributed by atoms with Gasteiger partial charge in [-0.05, 0) is 18.6 Å². The lowest BCUT2D eigenvalue weighted by Crippen LogP contribution is -2.55. The van der Waals surface area contributed by atoms with Crippen molar-refractivity contribution < 1.29 is 24.1 Å². The van der Waals surface area contributed by atoms with E-state index in [1.165, 1.54) is 0 Å². The molecule has 0 radical (unpaired) electrons. The first-order valence-electron chi connectivity index (χ1n) is 7.43. The van der Waals surface area contributed by atoms with Gasteiger partial charge in [0.25, 0.3) is 0 Å². The molecule has 21 heavy (non-hydrogen) atoms. The molecule has 5 heteroatoms. The SMILES string of the molecule is CCCOc1ccccc1OC1CC(O)C1OCCOC. The molecule has 0 aromatic heterocycles. The molecule has 2 rings (SSSR count). The van der Waals surface area contributed by atoms with Crippen LogP contribution in [0.15, 0.2) is 24.3 Å². The number of aliphatic hydroxyl groups excluding tert-OH is 1. The van der Waals surface area contributed by atoms with E-state index in [9.17, 15) is 5.11 Å². The van der Waals surface area contributed by atoms with Gasteiger partial charge in [-0.1, -0.05) is 19.1 Å². The van der Waals surface area contributed by atoms with Gasteiger partial charge in [0.15, 0.2) is 11.5 Å². The Balaban J connectivity index is 1.91. The monoisotopic (exact) mass is 296 g/mol. The van der Waals surface area contributed by atoms with Crippen LogP contribution in [0.5, 0.6) is 11.5 Å². The van der Waals surface area contributed by atoms with Gasteiger partial charge < -0.3 is 24.1 Å². The minimum Gasteiger partial charge on any atom is -0.490 e. The van der Waals surface area contributed by atoms with Crippen LogP contribution in [0.1, 0.15) is 19.8 Å². The second-order valence-electron chi connectivity index (χ2n) is 5.08. The molecule has 3 unspecified atom stereocenters. The Hall–Kier alpha value is -1.30. The largest absolute Gasteiger partial charge is 0.490 e. The molecule has 1 aliphatic carbocycles. The van der Waals surface area contributed by atoms with Crippen molar-refractivity contribution >= 4 is 0 Å². The summed E-state index contributed by atoms with van der Waals surface area (Å²) in [5.41, 5.74) is 0. The molecule has 3 atom stereocenters. The Morgan fingerprint density at radius 2 is 1.90 bits per heavy atom. The quantitative estimate of drug-likeness (QED) is 0.707. The lowest BCUT2D eigenvalue weighted by Gasteiger charge is -2.40. The number of methoxy groups -OCH3 is 1. The molecule has 1 saturated carbocycles. The fourth-order valence-electron chi connectivity index (χ4n) is 2.20. The molecule has 0 heterocycles. The summed E-state index contributed by atoms with van der Waals surface area (Å²) >= 11 is 0. The molecule has 1 aromatic rings. The van der Waals surface area contributed by atoms with Crippen LogP contribution >= 0.6 is 0 Å². The van der Waals surface area contributed by atoms with Crippen molar-refractivity contribution in [3.05, 3.63) is 24.3 Å². The molecule has 5 nitrogen and oxygen atoms in total. The van der Waals surface area contributed by atoms with Gasteiger partial charge >= 0.3 is 0 Å². The van der Waals surface area contributed by atoms with Crippen LogP contribution in [-0.4, -0.2) is 50.3 Å². The normalized spacial score (nSPS) is 24.4. The lowest BCUT2D eigenvalue weighted by molar-refractivity contribution is -0.167. The zero-order chi connectivity index (χ0) is 15.1. The van der Waals surface area contributed by atoms with E-state index in [0.717, 1.165) is 12.2 Å². The number of hydrogen-bond donors (Lipinski definition) is 1. The maximum absolute atomic E-state index is 9.79. The van der Waals surface area contributed by atoms with Crippen LogP contribution in [0.2, 0.25) is 0 Å². The predicted molar refractivity (Wildman–Crippen MR) is 78.9 cm³/mol. The average Bonchev–Trinajstić information content (AvgIpc) is 2.50. The van der Waals surface area contributed by atoms with Crippen LogP contribution in [-0.2, 0) is 9.47 Å². The van der Waals surface area contributed by atoms with E-state index in [2.05, 4.69) is 6.92 Å². The third-order valence-electron chi connectivity index (χ3n) is 3.41. The summed E-state index contributed by atoms with van der Waals surface area (Å²) in [6, 6.07) is 7.59. The third-order valence-corrected chi connectivity index (χ3v) is 3.41. The molecule has 0 amide bonds. The topological polar surface area (TPSA) is 57.2 Å². The van der Waals surface area contributed by atoms with Gasteiger partial charge in [0, 0.05) is 13.5 Å². The maximum atomic E-state index is 9.79. The molecular formula is C16H24O5. The molecule has 1 aliphatic rings.